The highest BCUT2D eigenvalue weighted by molar-refractivity contribution is 5.76. The standard InChI is InChI=1S/C11H11N3O2/c1-9(15)7-16-11-12-8-14(13-11)10-5-3-2-4-6-10/h2-6,8H,7H2,1H3. The van der Waals surface area contributed by atoms with E-state index in [0.29, 0.717) is 0 Å². The first-order valence-corrected chi connectivity index (χ1v) is 4.85. The van der Waals surface area contributed by atoms with Gasteiger partial charge in [-0.15, -0.1) is 5.10 Å². The molecule has 0 radical (unpaired) electrons. The molecular formula is C11H11N3O2. The quantitative estimate of drug-likeness (QED) is 0.773. The zero-order valence-electron chi connectivity index (χ0n) is 8.83. The Kier molecular flexibility index (Phi) is 2.95. The van der Waals surface area contributed by atoms with Crippen molar-refractivity contribution < 1.29 is 9.53 Å². The van der Waals surface area contributed by atoms with Crippen molar-refractivity contribution >= 4 is 5.78 Å². The molecule has 0 atom stereocenters. The minimum atomic E-state index is -0.0592. The number of carbonyl (C=O) groups excluding carboxylic acids is 1. The van der Waals surface area contributed by atoms with Crippen LogP contribution in [-0.2, 0) is 4.79 Å². The van der Waals surface area contributed by atoms with Crippen LogP contribution in [0.5, 0.6) is 6.01 Å². The first-order chi connectivity index (χ1) is 7.75. The molecule has 0 aliphatic rings. The first-order valence-electron chi connectivity index (χ1n) is 4.85. The van der Waals surface area contributed by atoms with Gasteiger partial charge in [0.15, 0.2) is 5.78 Å². The van der Waals surface area contributed by atoms with Crippen molar-refractivity contribution in [1.82, 2.24) is 14.8 Å². The molecule has 1 aromatic heterocycles. The molecule has 0 aliphatic carbocycles. The van der Waals surface area contributed by atoms with E-state index < -0.39 is 0 Å². The van der Waals surface area contributed by atoms with Crippen LogP contribution in [0.15, 0.2) is 36.7 Å². The monoisotopic (exact) mass is 217 g/mol. The Morgan fingerprint density at radius 1 is 1.38 bits per heavy atom. The Balaban J connectivity index is 2.11. The molecule has 82 valence electrons. The molecule has 16 heavy (non-hydrogen) atoms. The fourth-order valence-electron chi connectivity index (χ4n) is 1.19. The van der Waals surface area contributed by atoms with Crippen LogP contribution in [0.3, 0.4) is 0 Å². The maximum absolute atomic E-state index is 10.7. The minimum Gasteiger partial charge on any atom is -0.454 e. The summed E-state index contributed by atoms with van der Waals surface area (Å²) >= 11 is 0. The van der Waals surface area contributed by atoms with E-state index in [9.17, 15) is 4.79 Å². The van der Waals surface area contributed by atoms with Gasteiger partial charge in [0.2, 0.25) is 0 Å². The number of nitrogens with zero attached hydrogens (tertiary/aromatic N) is 3. The van der Waals surface area contributed by atoms with Gasteiger partial charge >= 0.3 is 6.01 Å². The number of hydrogen-bond donors (Lipinski definition) is 0. The van der Waals surface area contributed by atoms with E-state index >= 15 is 0 Å². The second-order valence-electron chi connectivity index (χ2n) is 3.30. The molecule has 5 heteroatoms. The van der Waals surface area contributed by atoms with Gasteiger partial charge in [0.25, 0.3) is 0 Å². The van der Waals surface area contributed by atoms with Crippen molar-refractivity contribution in [3.05, 3.63) is 36.7 Å². The van der Waals surface area contributed by atoms with Crippen LogP contribution in [0, 0.1) is 0 Å². The van der Waals surface area contributed by atoms with E-state index in [1.807, 2.05) is 30.3 Å². The summed E-state index contributed by atoms with van der Waals surface area (Å²) in [7, 11) is 0. The third kappa shape index (κ3) is 2.44. The lowest BCUT2D eigenvalue weighted by Crippen LogP contribution is -2.07. The van der Waals surface area contributed by atoms with Crippen LogP contribution >= 0.6 is 0 Å². The third-order valence-electron chi connectivity index (χ3n) is 1.90. The highest BCUT2D eigenvalue weighted by Crippen LogP contribution is 2.07. The molecule has 0 saturated heterocycles. The molecule has 1 aromatic carbocycles. The molecule has 0 fully saturated rings. The zero-order valence-corrected chi connectivity index (χ0v) is 8.83. The number of para-hydroxylation sites is 1. The van der Waals surface area contributed by atoms with Crippen LogP contribution in [0.25, 0.3) is 5.69 Å². The predicted octanol–water partition coefficient (Wildman–Crippen LogP) is 1.24. The van der Waals surface area contributed by atoms with E-state index in [0.717, 1.165) is 5.69 Å². The van der Waals surface area contributed by atoms with E-state index in [2.05, 4.69) is 10.1 Å². The summed E-state index contributed by atoms with van der Waals surface area (Å²) in [5.74, 6) is -0.0592. The average molecular weight is 217 g/mol. The van der Waals surface area contributed by atoms with E-state index in [4.69, 9.17) is 4.74 Å². The van der Waals surface area contributed by atoms with Gasteiger partial charge in [-0.05, 0) is 19.1 Å². The van der Waals surface area contributed by atoms with Crippen LogP contribution in [0.4, 0.5) is 0 Å². The lowest BCUT2D eigenvalue weighted by Gasteiger charge is -1.98. The molecule has 1 heterocycles. The molecule has 2 aromatic rings. The summed E-state index contributed by atoms with van der Waals surface area (Å²) in [5.41, 5.74) is 0.896. The smallest absolute Gasteiger partial charge is 0.336 e. The minimum absolute atomic E-state index is 0.00119. The normalized spacial score (nSPS) is 10.1. The molecule has 0 N–H and O–H groups in total. The van der Waals surface area contributed by atoms with Gasteiger partial charge in [-0.1, -0.05) is 18.2 Å². The summed E-state index contributed by atoms with van der Waals surface area (Å²) in [6.45, 7) is 1.45. The van der Waals surface area contributed by atoms with Gasteiger partial charge < -0.3 is 4.74 Å². The molecule has 0 aliphatic heterocycles. The maximum Gasteiger partial charge on any atom is 0.336 e. The summed E-state index contributed by atoms with van der Waals surface area (Å²) < 4.78 is 6.67. The fourth-order valence-corrected chi connectivity index (χ4v) is 1.19. The van der Waals surface area contributed by atoms with Gasteiger partial charge in [0, 0.05) is 0 Å². The summed E-state index contributed by atoms with van der Waals surface area (Å²) in [4.78, 5) is 14.6. The molecule has 5 nitrogen and oxygen atoms in total. The van der Waals surface area contributed by atoms with Crippen molar-refractivity contribution in [2.24, 2.45) is 0 Å². The number of Topliss-reactive ketones (excluding diaryl/α,β-unsaturated/α-hetero) is 1. The summed E-state index contributed by atoms with van der Waals surface area (Å²) in [5, 5.41) is 4.08. The van der Waals surface area contributed by atoms with Crippen LogP contribution in [0.2, 0.25) is 0 Å². The Labute approximate surface area is 92.7 Å². The molecule has 0 amide bonds. The van der Waals surface area contributed by atoms with E-state index in [-0.39, 0.29) is 18.4 Å². The first kappa shape index (κ1) is 10.4. The van der Waals surface area contributed by atoms with Crippen molar-refractivity contribution in [1.29, 1.82) is 0 Å². The van der Waals surface area contributed by atoms with Gasteiger partial charge in [0.05, 0.1) is 5.69 Å². The van der Waals surface area contributed by atoms with Crippen molar-refractivity contribution in [3.8, 4) is 11.7 Å². The lowest BCUT2D eigenvalue weighted by molar-refractivity contribution is -0.119. The zero-order chi connectivity index (χ0) is 11.4. The highest BCUT2D eigenvalue weighted by Gasteiger charge is 2.04. The van der Waals surface area contributed by atoms with Gasteiger partial charge in [0.1, 0.15) is 12.9 Å². The van der Waals surface area contributed by atoms with Gasteiger partial charge in [-0.25, -0.2) is 4.68 Å². The third-order valence-corrected chi connectivity index (χ3v) is 1.90. The van der Waals surface area contributed by atoms with Crippen LogP contribution in [-0.4, -0.2) is 27.2 Å². The van der Waals surface area contributed by atoms with Crippen molar-refractivity contribution in [2.75, 3.05) is 6.61 Å². The van der Waals surface area contributed by atoms with E-state index in [1.54, 1.807) is 11.0 Å². The number of hydrogen-bond acceptors (Lipinski definition) is 4. The van der Waals surface area contributed by atoms with Crippen LogP contribution in [0.1, 0.15) is 6.92 Å². The summed E-state index contributed by atoms with van der Waals surface area (Å²) in [6, 6.07) is 9.76. The van der Waals surface area contributed by atoms with Gasteiger partial charge in [-0.2, -0.15) is 4.98 Å². The number of carbonyl (C=O) groups is 1. The predicted molar refractivity (Wildman–Crippen MR) is 57.5 cm³/mol. The SMILES string of the molecule is CC(=O)COc1ncn(-c2ccccc2)n1. The molecule has 0 bridgehead atoms. The highest BCUT2D eigenvalue weighted by atomic mass is 16.5. The van der Waals surface area contributed by atoms with Crippen molar-refractivity contribution in [3.63, 3.8) is 0 Å². The number of rotatable bonds is 4. The van der Waals surface area contributed by atoms with Gasteiger partial charge in [-0.3, -0.25) is 4.79 Å². The number of aromatic nitrogens is 3. The maximum atomic E-state index is 10.7. The number of ether oxygens (including phenoxy) is 1. The second kappa shape index (κ2) is 4.57. The molecule has 0 unspecified atom stereocenters. The fraction of sp³-hybridized carbons (Fsp3) is 0.182. The number of benzene rings is 1. The second-order valence-corrected chi connectivity index (χ2v) is 3.30. The Morgan fingerprint density at radius 2 is 2.12 bits per heavy atom. The summed E-state index contributed by atoms with van der Waals surface area (Å²) in [6.07, 6.45) is 1.55. The molecule has 0 spiro atoms. The lowest BCUT2D eigenvalue weighted by atomic mass is 10.3. The Hall–Kier alpha value is -2.17. The molecule has 2 rings (SSSR count). The topological polar surface area (TPSA) is 57.0 Å². The Morgan fingerprint density at radius 3 is 2.81 bits per heavy atom. The van der Waals surface area contributed by atoms with Crippen molar-refractivity contribution in [2.45, 2.75) is 6.92 Å². The number of ketones is 1. The largest absolute Gasteiger partial charge is 0.454 e. The van der Waals surface area contributed by atoms with Crippen LogP contribution < -0.4 is 4.74 Å². The average Bonchev–Trinajstić information content (AvgIpc) is 2.76. The molecule has 0 saturated carbocycles. The van der Waals surface area contributed by atoms with E-state index in [1.165, 1.54) is 6.92 Å². The Bertz CT molecular complexity index is 479. The molecular weight excluding hydrogens is 206 g/mol.